The van der Waals surface area contributed by atoms with E-state index in [9.17, 15) is 37.9 Å². The van der Waals surface area contributed by atoms with Crippen molar-refractivity contribution in [3.63, 3.8) is 0 Å². The maximum atomic E-state index is 12.7. The minimum absolute atomic E-state index is 0.170. The normalized spacial score (nSPS) is 21.8. The zero-order valence-corrected chi connectivity index (χ0v) is 31.1. The van der Waals surface area contributed by atoms with Crippen LogP contribution in [0.2, 0.25) is 0 Å². The fourth-order valence-electron chi connectivity index (χ4n) is 5.91. The van der Waals surface area contributed by atoms with Gasteiger partial charge in [0.15, 0.2) is 12.4 Å². The van der Waals surface area contributed by atoms with Crippen LogP contribution in [0.3, 0.4) is 0 Å². The lowest BCUT2D eigenvalue weighted by Gasteiger charge is -2.40. The molecule has 13 heteroatoms. The molecule has 1 heterocycles. The Morgan fingerprint density at radius 1 is 0.612 bits per heavy atom. The molecule has 0 aromatic rings. The smallest absolute Gasteiger partial charge is 0.306 e. The van der Waals surface area contributed by atoms with Crippen molar-refractivity contribution in [3.05, 3.63) is 0 Å². The number of ether oxygens (including phenoxy) is 4. The average molecular weight is 725 g/mol. The van der Waals surface area contributed by atoms with Gasteiger partial charge in [-0.2, -0.15) is 8.42 Å². The molecule has 0 aromatic carbocycles. The van der Waals surface area contributed by atoms with Crippen molar-refractivity contribution in [3.8, 4) is 0 Å². The highest BCUT2D eigenvalue weighted by molar-refractivity contribution is 7.85. The van der Waals surface area contributed by atoms with Gasteiger partial charge in [0, 0.05) is 12.8 Å². The number of carbonyl (C=O) groups is 2. The van der Waals surface area contributed by atoms with Crippen LogP contribution in [0.25, 0.3) is 0 Å². The van der Waals surface area contributed by atoms with Crippen molar-refractivity contribution in [1.82, 2.24) is 0 Å². The quantitative estimate of drug-likeness (QED) is 0.0363. The van der Waals surface area contributed by atoms with E-state index < -0.39 is 71.2 Å². The molecule has 1 saturated heterocycles. The zero-order valence-electron chi connectivity index (χ0n) is 30.3. The topological polar surface area (TPSA) is 186 Å². The number of aliphatic hydroxyl groups is 3. The lowest BCUT2D eigenvalue weighted by Crippen LogP contribution is -2.60. The van der Waals surface area contributed by atoms with Crippen molar-refractivity contribution in [2.24, 2.45) is 0 Å². The van der Waals surface area contributed by atoms with E-state index in [2.05, 4.69) is 13.8 Å². The summed E-state index contributed by atoms with van der Waals surface area (Å²) in [6.45, 7) is 3.70. The molecule has 12 nitrogen and oxygen atoms in total. The fraction of sp³-hybridized carbons (Fsp3) is 0.944. The first-order chi connectivity index (χ1) is 23.5. The molecule has 0 amide bonds. The third-order valence-electron chi connectivity index (χ3n) is 8.94. The van der Waals surface area contributed by atoms with Gasteiger partial charge in [0.1, 0.15) is 36.8 Å². The molecule has 0 bridgehead atoms. The summed E-state index contributed by atoms with van der Waals surface area (Å²) in [5.74, 6) is -1.97. The van der Waals surface area contributed by atoms with Gasteiger partial charge in [-0.15, -0.1) is 0 Å². The lowest BCUT2D eigenvalue weighted by atomic mass is 10.00. The van der Waals surface area contributed by atoms with E-state index in [4.69, 9.17) is 18.9 Å². The summed E-state index contributed by atoms with van der Waals surface area (Å²) in [5, 5.41) is 30.7. The number of aliphatic hydroxyl groups excluding tert-OH is 3. The zero-order chi connectivity index (χ0) is 36.3. The van der Waals surface area contributed by atoms with Gasteiger partial charge in [-0.05, 0) is 12.8 Å². The Kier molecular flexibility index (Phi) is 26.3. The Morgan fingerprint density at radius 2 is 1.04 bits per heavy atom. The third kappa shape index (κ3) is 23.7. The van der Waals surface area contributed by atoms with Crippen LogP contribution in [0.1, 0.15) is 162 Å². The second-order valence-electron chi connectivity index (χ2n) is 13.6. The summed E-state index contributed by atoms with van der Waals surface area (Å²) in [7, 11) is -4.59. The molecule has 1 fully saturated rings. The maximum absolute atomic E-state index is 12.7. The second-order valence-corrected chi connectivity index (χ2v) is 15.1. The molecule has 1 aliphatic heterocycles. The molecule has 0 saturated carbocycles. The summed E-state index contributed by atoms with van der Waals surface area (Å²) >= 11 is 0. The lowest BCUT2D eigenvalue weighted by molar-refractivity contribution is -0.297. The molecule has 2 unspecified atom stereocenters. The summed E-state index contributed by atoms with van der Waals surface area (Å²) in [5.41, 5.74) is 0. The monoisotopic (exact) mass is 724 g/mol. The molecule has 0 aromatic heterocycles. The van der Waals surface area contributed by atoms with Gasteiger partial charge in [0.05, 0.1) is 6.61 Å². The summed E-state index contributed by atoms with van der Waals surface area (Å²) < 4.78 is 53.7. The Hall–Kier alpha value is -1.35. The SMILES string of the molecule is CCCCCCCCCCCCCCC(=O)OC[C@H](CO[C@H]1O[C@H](CS(=O)(=O)O)[C@@H](O)C(O)C1O)OC(=O)CCCCCCCCCCC. The molecule has 0 radical (unpaired) electrons. The highest BCUT2D eigenvalue weighted by Gasteiger charge is 2.46. The van der Waals surface area contributed by atoms with Gasteiger partial charge in [0.2, 0.25) is 0 Å². The maximum Gasteiger partial charge on any atom is 0.306 e. The van der Waals surface area contributed by atoms with E-state index >= 15 is 0 Å². The molecule has 1 aliphatic rings. The van der Waals surface area contributed by atoms with Crippen molar-refractivity contribution in [2.45, 2.75) is 198 Å². The van der Waals surface area contributed by atoms with E-state index in [0.29, 0.717) is 12.8 Å². The molecule has 0 spiro atoms. The van der Waals surface area contributed by atoms with E-state index in [-0.39, 0.29) is 19.4 Å². The first-order valence-corrected chi connectivity index (χ1v) is 20.7. The minimum Gasteiger partial charge on any atom is -0.462 e. The van der Waals surface area contributed by atoms with Gasteiger partial charge in [0.25, 0.3) is 10.1 Å². The van der Waals surface area contributed by atoms with Crippen LogP contribution in [0.5, 0.6) is 0 Å². The number of esters is 2. The van der Waals surface area contributed by atoms with Crippen molar-refractivity contribution in [1.29, 1.82) is 0 Å². The molecule has 4 N–H and O–H groups in total. The van der Waals surface area contributed by atoms with E-state index in [0.717, 1.165) is 38.5 Å². The van der Waals surface area contributed by atoms with E-state index in [1.807, 2.05) is 0 Å². The van der Waals surface area contributed by atoms with Crippen molar-refractivity contribution >= 4 is 22.1 Å². The van der Waals surface area contributed by atoms with Crippen LogP contribution in [0.4, 0.5) is 0 Å². The largest absolute Gasteiger partial charge is 0.462 e. The molecular weight excluding hydrogens is 656 g/mol. The minimum atomic E-state index is -4.59. The van der Waals surface area contributed by atoms with Crippen LogP contribution < -0.4 is 0 Å². The summed E-state index contributed by atoms with van der Waals surface area (Å²) in [4.78, 5) is 25.1. The van der Waals surface area contributed by atoms with Crippen LogP contribution in [0, 0.1) is 0 Å². The standard InChI is InChI=1S/C36H68O12S/c1-3-5-7-9-11-13-14-15-17-18-20-22-24-31(37)45-26-29(47-32(38)25-23-21-19-16-12-10-8-6-4-2)27-46-36-35(41)34(40)33(39)30(48-36)28-49(42,43)44/h29-30,33-36,39-41H,3-28H2,1-2H3,(H,42,43,44)/t29-,30-,33-,34?,35?,36+/m1/s1. The van der Waals surface area contributed by atoms with Gasteiger partial charge in [-0.1, -0.05) is 136 Å². The number of hydrogen-bond acceptors (Lipinski definition) is 11. The Balaban J connectivity index is 2.52. The van der Waals surface area contributed by atoms with Crippen LogP contribution in [-0.2, 0) is 38.7 Å². The Bertz CT molecular complexity index is 946. The van der Waals surface area contributed by atoms with Crippen LogP contribution >= 0.6 is 0 Å². The molecule has 49 heavy (non-hydrogen) atoms. The van der Waals surface area contributed by atoms with Crippen molar-refractivity contribution < 1.29 is 56.8 Å². The molecular formula is C36H68O12S. The average Bonchev–Trinajstić information content (AvgIpc) is 3.05. The van der Waals surface area contributed by atoms with Crippen molar-refractivity contribution in [2.75, 3.05) is 19.0 Å². The number of rotatable bonds is 31. The molecule has 290 valence electrons. The van der Waals surface area contributed by atoms with E-state index in [1.165, 1.54) is 83.5 Å². The van der Waals surface area contributed by atoms with Gasteiger partial charge in [-0.25, -0.2) is 0 Å². The van der Waals surface area contributed by atoms with Gasteiger partial charge in [-0.3, -0.25) is 14.1 Å². The fourth-order valence-corrected chi connectivity index (χ4v) is 6.60. The van der Waals surface area contributed by atoms with Crippen LogP contribution in [0.15, 0.2) is 0 Å². The molecule has 1 rings (SSSR count). The highest BCUT2D eigenvalue weighted by Crippen LogP contribution is 2.24. The Morgan fingerprint density at radius 3 is 1.49 bits per heavy atom. The van der Waals surface area contributed by atoms with E-state index in [1.54, 1.807) is 0 Å². The second kappa shape index (κ2) is 28.3. The van der Waals surface area contributed by atoms with Gasteiger partial charge < -0.3 is 34.3 Å². The first kappa shape index (κ1) is 45.7. The summed E-state index contributed by atoms with van der Waals surface area (Å²) in [6, 6.07) is 0. The number of carbonyl (C=O) groups excluding carboxylic acids is 2. The van der Waals surface area contributed by atoms with Crippen LogP contribution in [-0.4, -0.2) is 96.0 Å². The highest BCUT2D eigenvalue weighted by atomic mass is 32.2. The third-order valence-corrected chi connectivity index (χ3v) is 9.69. The number of hydrogen-bond donors (Lipinski definition) is 4. The molecule has 0 aliphatic carbocycles. The molecule has 6 atom stereocenters. The first-order valence-electron chi connectivity index (χ1n) is 19.1. The predicted molar refractivity (Wildman–Crippen MR) is 187 cm³/mol. The Labute approximate surface area is 295 Å². The summed E-state index contributed by atoms with van der Waals surface area (Å²) in [6.07, 6.45) is 14.6. The predicted octanol–water partition coefficient (Wildman–Crippen LogP) is 6.17. The van der Waals surface area contributed by atoms with Gasteiger partial charge >= 0.3 is 11.9 Å². The number of unbranched alkanes of at least 4 members (excludes halogenated alkanes) is 19.